The molecule has 3 rings (SSSR count). The van der Waals surface area contributed by atoms with Crippen molar-refractivity contribution in [3.63, 3.8) is 0 Å². The summed E-state index contributed by atoms with van der Waals surface area (Å²) in [6.07, 6.45) is 1.37. The van der Waals surface area contributed by atoms with Gasteiger partial charge in [0.1, 0.15) is 11.3 Å². The van der Waals surface area contributed by atoms with Gasteiger partial charge in [-0.3, -0.25) is 9.78 Å². The van der Waals surface area contributed by atoms with Gasteiger partial charge in [0.05, 0.1) is 6.61 Å². The van der Waals surface area contributed by atoms with Crippen LogP contribution in [0.3, 0.4) is 0 Å². The number of pyridine rings is 1. The maximum atomic E-state index is 12.4. The van der Waals surface area contributed by atoms with Crippen molar-refractivity contribution in [3.05, 3.63) is 36.5 Å². The molecule has 2 heterocycles. The van der Waals surface area contributed by atoms with E-state index >= 15 is 0 Å². The van der Waals surface area contributed by atoms with Gasteiger partial charge in [-0.25, -0.2) is 4.79 Å². The summed E-state index contributed by atoms with van der Waals surface area (Å²) in [5, 5.41) is 0.968. The molecule has 0 radical (unpaired) electrons. The van der Waals surface area contributed by atoms with E-state index in [0.717, 1.165) is 10.9 Å². The summed E-state index contributed by atoms with van der Waals surface area (Å²) in [6, 6.07) is 9.45. The molecule has 1 aliphatic rings. The number of amides is 2. The molecule has 25 heavy (non-hydrogen) atoms. The molecule has 0 saturated carbocycles. The van der Waals surface area contributed by atoms with Crippen molar-refractivity contribution in [3.8, 4) is 5.75 Å². The Balaban J connectivity index is 1.54. The van der Waals surface area contributed by atoms with E-state index in [2.05, 4.69) is 4.98 Å². The topological polar surface area (TPSA) is 72.0 Å². The first kappa shape index (κ1) is 17.0. The molecule has 0 spiro atoms. The van der Waals surface area contributed by atoms with Crippen molar-refractivity contribution in [2.75, 3.05) is 39.4 Å². The summed E-state index contributed by atoms with van der Waals surface area (Å²) in [4.78, 5) is 31.7. The van der Waals surface area contributed by atoms with Crippen LogP contribution in [0, 0.1) is 0 Å². The van der Waals surface area contributed by atoms with Crippen molar-refractivity contribution in [1.29, 1.82) is 0 Å². The number of carbonyl (C=O) groups is 2. The zero-order chi connectivity index (χ0) is 17.6. The van der Waals surface area contributed by atoms with Gasteiger partial charge in [-0.2, -0.15) is 0 Å². The van der Waals surface area contributed by atoms with Crippen molar-refractivity contribution < 1.29 is 19.1 Å². The van der Waals surface area contributed by atoms with E-state index in [1.165, 1.54) is 0 Å². The van der Waals surface area contributed by atoms with Crippen LogP contribution in [-0.4, -0.2) is 66.2 Å². The number of aromatic nitrogens is 1. The number of para-hydroxylation sites is 1. The minimum absolute atomic E-state index is 0.0465. The molecular weight excluding hydrogens is 322 g/mol. The second-order valence-electron chi connectivity index (χ2n) is 5.69. The largest absolute Gasteiger partial charge is 0.481 e. The molecule has 0 aliphatic carbocycles. The van der Waals surface area contributed by atoms with Gasteiger partial charge in [0.2, 0.25) is 0 Å². The van der Waals surface area contributed by atoms with Gasteiger partial charge in [0.25, 0.3) is 5.91 Å². The van der Waals surface area contributed by atoms with Crippen LogP contribution in [0.25, 0.3) is 10.9 Å². The predicted octanol–water partition coefficient (Wildman–Crippen LogP) is 1.91. The standard InChI is InChI=1S/C18H21N3O4/c1-2-24-18(23)21-11-9-20(10-12-21)16(22)13-25-15-7-3-5-14-6-4-8-19-17(14)15/h3-8H,2,9-13H2,1H3. The molecule has 1 fully saturated rings. The molecule has 1 aliphatic heterocycles. The number of benzene rings is 1. The van der Waals surface area contributed by atoms with E-state index in [0.29, 0.717) is 38.5 Å². The fraction of sp³-hybridized carbons (Fsp3) is 0.389. The van der Waals surface area contributed by atoms with Crippen molar-refractivity contribution in [2.24, 2.45) is 0 Å². The Morgan fingerprint density at radius 3 is 2.56 bits per heavy atom. The number of piperazine rings is 1. The number of ether oxygens (including phenoxy) is 2. The van der Waals surface area contributed by atoms with E-state index in [9.17, 15) is 9.59 Å². The minimum atomic E-state index is -0.326. The van der Waals surface area contributed by atoms with E-state index in [-0.39, 0.29) is 18.6 Å². The summed E-state index contributed by atoms with van der Waals surface area (Å²) in [6.45, 7) is 3.99. The van der Waals surface area contributed by atoms with Crippen LogP contribution in [0.15, 0.2) is 36.5 Å². The lowest BCUT2D eigenvalue weighted by molar-refractivity contribution is -0.134. The van der Waals surface area contributed by atoms with Gasteiger partial charge in [-0.1, -0.05) is 18.2 Å². The molecule has 1 saturated heterocycles. The van der Waals surface area contributed by atoms with Crippen LogP contribution in [0.1, 0.15) is 6.92 Å². The highest BCUT2D eigenvalue weighted by Crippen LogP contribution is 2.22. The number of nitrogens with zero attached hydrogens (tertiary/aromatic N) is 3. The third kappa shape index (κ3) is 3.99. The number of hydrogen-bond donors (Lipinski definition) is 0. The summed E-state index contributed by atoms with van der Waals surface area (Å²) < 4.78 is 10.7. The van der Waals surface area contributed by atoms with Crippen molar-refractivity contribution >= 4 is 22.9 Å². The Hall–Kier alpha value is -2.83. The Morgan fingerprint density at radius 2 is 1.80 bits per heavy atom. The molecule has 0 atom stereocenters. The zero-order valence-electron chi connectivity index (χ0n) is 14.2. The lowest BCUT2D eigenvalue weighted by Gasteiger charge is -2.33. The van der Waals surface area contributed by atoms with E-state index < -0.39 is 0 Å². The van der Waals surface area contributed by atoms with E-state index in [1.807, 2.05) is 24.3 Å². The van der Waals surface area contributed by atoms with Crippen LogP contribution < -0.4 is 4.74 Å². The van der Waals surface area contributed by atoms with Crippen molar-refractivity contribution in [2.45, 2.75) is 6.92 Å². The lowest BCUT2D eigenvalue weighted by Crippen LogP contribution is -2.51. The number of carbonyl (C=O) groups excluding carboxylic acids is 2. The molecule has 7 heteroatoms. The quantitative estimate of drug-likeness (QED) is 0.848. The van der Waals surface area contributed by atoms with E-state index in [4.69, 9.17) is 9.47 Å². The smallest absolute Gasteiger partial charge is 0.409 e. The minimum Gasteiger partial charge on any atom is -0.481 e. The average Bonchev–Trinajstić information content (AvgIpc) is 2.66. The molecule has 1 aromatic heterocycles. The average molecular weight is 343 g/mol. The Bertz CT molecular complexity index is 752. The third-order valence-corrected chi connectivity index (χ3v) is 4.11. The number of rotatable bonds is 4. The highest BCUT2D eigenvalue weighted by atomic mass is 16.6. The van der Waals surface area contributed by atoms with Crippen molar-refractivity contribution in [1.82, 2.24) is 14.8 Å². The molecule has 2 aromatic rings. The van der Waals surface area contributed by atoms with Crippen LogP contribution in [-0.2, 0) is 9.53 Å². The summed E-state index contributed by atoms with van der Waals surface area (Å²) in [7, 11) is 0. The third-order valence-electron chi connectivity index (χ3n) is 4.11. The predicted molar refractivity (Wildman–Crippen MR) is 92.4 cm³/mol. The summed E-state index contributed by atoms with van der Waals surface area (Å²) in [5.41, 5.74) is 0.741. The second-order valence-corrected chi connectivity index (χ2v) is 5.69. The van der Waals surface area contributed by atoms with Crippen LogP contribution in [0.4, 0.5) is 4.79 Å². The fourth-order valence-corrected chi connectivity index (χ4v) is 2.78. The van der Waals surface area contributed by atoms with Gasteiger partial charge in [-0.05, 0) is 19.1 Å². The maximum absolute atomic E-state index is 12.4. The van der Waals surface area contributed by atoms with Gasteiger partial charge in [-0.15, -0.1) is 0 Å². The summed E-state index contributed by atoms with van der Waals surface area (Å²) in [5.74, 6) is 0.494. The van der Waals surface area contributed by atoms with E-state index in [1.54, 1.807) is 29.0 Å². The van der Waals surface area contributed by atoms with Crippen LogP contribution in [0.2, 0.25) is 0 Å². The summed E-state index contributed by atoms with van der Waals surface area (Å²) >= 11 is 0. The fourth-order valence-electron chi connectivity index (χ4n) is 2.78. The Kier molecular flexibility index (Phi) is 5.33. The lowest BCUT2D eigenvalue weighted by atomic mass is 10.2. The molecule has 0 N–H and O–H groups in total. The Morgan fingerprint density at radius 1 is 1.08 bits per heavy atom. The first-order valence-corrected chi connectivity index (χ1v) is 8.35. The number of fused-ring (bicyclic) bond motifs is 1. The molecule has 1 aromatic carbocycles. The molecule has 0 unspecified atom stereocenters. The van der Waals surface area contributed by atoms with Crippen LogP contribution in [0.5, 0.6) is 5.75 Å². The normalized spacial score (nSPS) is 14.4. The SMILES string of the molecule is CCOC(=O)N1CCN(C(=O)COc2cccc3cccnc23)CC1. The second kappa shape index (κ2) is 7.83. The zero-order valence-corrected chi connectivity index (χ0v) is 14.2. The monoisotopic (exact) mass is 343 g/mol. The molecule has 2 amide bonds. The first-order valence-electron chi connectivity index (χ1n) is 8.35. The molecule has 0 bridgehead atoms. The van der Waals surface area contributed by atoms with Gasteiger partial charge in [0, 0.05) is 37.8 Å². The molecular formula is C18H21N3O4. The van der Waals surface area contributed by atoms with Gasteiger partial charge >= 0.3 is 6.09 Å². The van der Waals surface area contributed by atoms with Crippen LogP contribution >= 0.6 is 0 Å². The maximum Gasteiger partial charge on any atom is 0.409 e. The Labute approximate surface area is 146 Å². The number of hydrogen-bond acceptors (Lipinski definition) is 5. The van der Waals surface area contributed by atoms with Gasteiger partial charge in [0.15, 0.2) is 6.61 Å². The first-order chi connectivity index (χ1) is 12.2. The van der Waals surface area contributed by atoms with Gasteiger partial charge < -0.3 is 19.3 Å². The molecule has 132 valence electrons. The highest BCUT2D eigenvalue weighted by Gasteiger charge is 2.25. The molecule has 7 nitrogen and oxygen atoms in total. The highest BCUT2D eigenvalue weighted by molar-refractivity contribution is 5.85.